The number of methoxy groups -OCH3 is 1. The van der Waals surface area contributed by atoms with Crippen molar-refractivity contribution in [2.24, 2.45) is 0 Å². The number of allylic oxidation sites excluding steroid dienone is 1. The maximum atomic E-state index is 13.4. The van der Waals surface area contributed by atoms with Gasteiger partial charge in [0.25, 0.3) is 0 Å². The van der Waals surface area contributed by atoms with Crippen molar-refractivity contribution in [3.8, 4) is 17.2 Å². The number of halogens is 1. The molecule has 1 aliphatic heterocycles. The number of benzene rings is 3. The lowest BCUT2D eigenvalue weighted by atomic mass is 9.97. The topological polar surface area (TPSA) is 74.3 Å². The molecule has 1 aliphatic rings. The molecule has 7 nitrogen and oxygen atoms in total. The average Bonchev–Trinajstić information content (AvgIpc) is 3.32. The van der Waals surface area contributed by atoms with Crippen LogP contribution in [-0.4, -0.2) is 38.3 Å². The predicted molar refractivity (Wildman–Crippen MR) is 156 cm³/mol. The Morgan fingerprint density at radius 3 is 2.24 bits per heavy atom. The van der Waals surface area contributed by atoms with Gasteiger partial charge in [0.2, 0.25) is 0 Å². The fraction of sp³-hybridized carbons (Fsp3) is 0.333. The zero-order valence-corrected chi connectivity index (χ0v) is 23.7. The van der Waals surface area contributed by atoms with Gasteiger partial charge < -0.3 is 18.9 Å². The molecule has 0 spiro atoms. The Kier molecular flexibility index (Phi) is 10.4. The molecular weight excluding hydrogens is 525 g/mol. The van der Waals surface area contributed by atoms with Gasteiger partial charge in [0.15, 0.2) is 5.78 Å². The van der Waals surface area contributed by atoms with Crippen LogP contribution in [0.5, 0.6) is 17.2 Å². The molecule has 1 saturated heterocycles. The molecule has 4 rings (SSSR count). The number of amides is 1. The molecule has 41 heavy (non-hydrogen) atoms. The number of rotatable bonds is 14. The largest absolute Gasteiger partial charge is 0.497 e. The highest BCUT2D eigenvalue weighted by Gasteiger charge is 2.44. The first-order chi connectivity index (χ1) is 19.9. The maximum absolute atomic E-state index is 13.4. The summed E-state index contributed by atoms with van der Waals surface area (Å²) in [5.74, 6) is 1.15. The van der Waals surface area contributed by atoms with Gasteiger partial charge in [-0.05, 0) is 85.7 Å². The van der Waals surface area contributed by atoms with E-state index < -0.39 is 24.1 Å². The Balaban J connectivity index is 1.73. The molecule has 0 N–H and O–H groups in total. The molecular formula is C33H36FNO6. The van der Waals surface area contributed by atoms with E-state index >= 15 is 0 Å². The summed E-state index contributed by atoms with van der Waals surface area (Å²) in [4.78, 5) is 27.7. The summed E-state index contributed by atoms with van der Waals surface area (Å²) >= 11 is 0. The number of hydrogen-bond acceptors (Lipinski definition) is 6. The van der Waals surface area contributed by atoms with Gasteiger partial charge >= 0.3 is 6.09 Å². The van der Waals surface area contributed by atoms with Gasteiger partial charge in [-0.2, -0.15) is 0 Å². The highest BCUT2D eigenvalue weighted by atomic mass is 19.1. The number of ketones is 1. The minimum Gasteiger partial charge on any atom is -0.497 e. The second-order valence-corrected chi connectivity index (χ2v) is 9.70. The summed E-state index contributed by atoms with van der Waals surface area (Å²) in [6.45, 7) is 5.27. The third kappa shape index (κ3) is 7.45. The molecule has 8 heteroatoms. The van der Waals surface area contributed by atoms with E-state index in [0.717, 1.165) is 31.2 Å². The normalized spacial score (nSPS) is 16.6. The van der Waals surface area contributed by atoms with Crippen LogP contribution in [0.1, 0.15) is 61.5 Å². The molecule has 1 fully saturated rings. The van der Waals surface area contributed by atoms with E-state index in [2.05, 4.69) is 13.8 Å². The van der Waals surface area contributed by atoms with E-state index in [4.69, 9.17) is 18.9 Å². The molecule has 0 saturated carbocycles. The predicted octanol–water partition coefficient (Wildman–Crippen LogP) is 7.70. The molecule has 1 amide bonds. The standard InChI is InChI=1S/C33H36FNO6/c1-4-6-20-39-27-16-17-28(31(22-27)40-21-7-5-2)32-30(19-18-29(36)23-8-10-24(34)11-9-23)41-33(37)35(32)25-12-14-26(38-3)15-13-25/h8-19,22,30,32H,4-7,20-21H2,1-3H3/b19-18+/t30-,32-/m1/s1. The number of hydrogen-bond donors (Lipinski definition) is 0. The summed E-state index contributed by atoms with van der Waals surface area (Å²) in [5, 5.41) is 0. The third-order valence-electron chi connectivity index (χ3n) is 6.77. The average molecular weight is 562 g/mol. The zero-order chi connectivity index (χ0) is 29.2. The van der Waals surface area contributed by atoms with Crippen LogP contribution in [0.25, 0.3) is 0 Å². The van der Waals surface area contributed by atoms with Crippen molar-refractivity contribution < 1.29 is 32.9 Å². The molecule has 3 aromatic carbocycles. The first-order valence-electron chi connectivity index (χ1n) is 14.0. The third-order valence-corrected chi connectivity index (χ3v) is 6.77. The van der Waals surface area contributed by atoms with E-state index in [9.17, 15) is 14.0 Å². The molecule has 0 radical (unpaired) electrons. The summed E-state index contributed by atoms with van der Waals surface area (Å²) in [5.41, 5.74) is 1.64. The van der Waals surface area contributed by atoms with Crippen molar-refractivity contribution >= 4 is 17.6 Å². The zero-order valence-electron chi connectivity index (χ0n) is 23.7. The first-order valence-corrected chi connectivity index (χ1v) is 14.0. The lowest BCUT2D eigenvalue weighted by Gasteiger charge is -2.26. The summed E-state index contributed by atoms with van der Waals surface area (Å²) in [7, 11) is 1.57. The summed E-state index contributed by atoms with van der Waals surface area (Å²) < 4.78 is 36.6. The van der Waals surface area contributed by atoms with Crippen LogP contribution in [0.2, 0.25) is 0 Å². The van der Waals surface area contributed by atoms with Crippen molar-refractivity contribution in [1.82, 2.24) is 0 Å². The minimum absolute atomic E-state index is 0.327. The van der Waals surface area contributed by atoms with Crippen molar-refractivity contribution in [1.29, 1.82) is 0 Å². The van der Waals surface area contributed by atoms with Gasteiger partial charge in [-0.1, -0.05) is 26.7 Å². The van der Waals surface area contributed by atoms with Crippen LogP contribution in [0.3, 0.4) is 0 Å². The van der Waals surface area contributed by atoms with Crippen LogP contribution < -0.4 is 19.1 Å². The van der Waals surface area contributed by atoms with Gasteiger partial charge in [0.1, 0.15) is 35.2 Å². The van der Waals surface area contributed by atoms with Gasteiger partial charge in [0, 0.05) is 22.9 Å². The molecule has 3 aromatic rings. The SMILES string of the molecule is CCCCOc1ccc([C@@H]2[C@@H](/C=C/C(=O)c3ccc(F)cc3)OC(=O)N2c2ccc(OC)cc2)c(OCCCC)c1. The number of carbonyl (C=O) groups excluding carboxylic acids is 2. The fourth-order valence-electron chi connectivity index (χ4n) is 4.49. The summed E-state index contributed by atoms with van der Waals surface area (Å²) in [6, 6.07) is 17.3. The number of cyclic esters (lactones) is 1. The Labute approximate surface area is 240 Å². The van der Waals surface area contributed by atoms with Gasteiger partial charge in [-0.25, -0.2) is 9.18 Å². The van der Waals surface area contributed by atoms with Gasteiger partial charge in [-0.15, -0.1) is 0 Å². The lowest BCUT2D eigenvalue weighted by molar-refractivity contribution is 0.104. The van der Waals surface area contributed by atoms with Crippen LogP contribution in [-0.2, 0) is 4.74 Å². The first kappa shape index (κ1) is 29.6. The number of anilines is 1. The van der Waals surface area contributed by atoms with Crippen molar-refractivity contribution in [3.63, 3.8) is 0 Å². The Morgan fingerprint density at radius 1 is 0.927 bits per heavy atom. The fourth-order valence-corrected chi connectivity index (χ4v) is 4.49. The van der Waals surface area contributed by atoms with Crippen molar-refractivity contribution in [2.45, 2.75) is 51.7 Å². The second-order valence-electron chi connectivity index (χ2n) is 9.70. The Bertz CT molecular complexity index is 1340. The quantitative estimate of drug-likeness (QED) is 0.114. The van der Waals surface area contributed by atoms with E-state index in [0.29, 0.717) is 41.7 Å². The number of carbonyl (C=O) groups is 2. The highest BCUT2D eigenvalue weighted by Crippen LogP contribution is 2.43. The molecule has 0 bridgehead atoms. The van der Waals surface area contributed by atoms with Crippen LogP contribution in [0, 0.1) is 5.82 Å². The number of unbranched alkanes of at least 4 members (excludes halogenated alkanes) is 2. The van der Waals surface area contributed by atoms with Crippen molar-refractivity contribution in [2.75, 3.05) is 25.2 Å². The van der Waals surface area contributed by atoms with E-state index in [1.165, 1.54) is 30.3 Å². The van der Waals surface area contributed by atoms with E-state index in [1.807, 2.05) is 18.2 Å². The summed E-state index contributed by atoms with van der Waals surface area (Å²) in [6.07, 6.45) is 5.32. The minimum atomic E-state index is -0.811. The Morgan fingerprint density at radius 2 is 1.59 bits per heavy atom. The molecule has 0 aromatic heterocycles. The molecule has 216 valence electrons. The van der Waals surface area contributed by atoms with Crippen LogP contribution in [0.4, 0.5) is 14.9 Å². The maximum Gasteiger partial charge on any atom is 0.415 e. The van der Waals surface area contributed by atoms with Crippen LogP contribution >= 0.6 is 0 Å². The highest BCUT2D eigenvalue weighted by molar-refractivity contribution is 6.04. The molecule has 0 aliphatic carbocycles. The number of ether oxygens (including phenoxy) is 4. The van der Waals surface area contributed by atoms with Crippen molar-refractivity contribution in [3.05, 3.63) is 95.8 Å². The monoisotopic (exact) mass is 561 g/mol. The number of nitrogens with zero attached hydrogens (tertiary/aromatic N) is 1. The van der Waals surface area contributed by atoms with Crippen LogP contribution in [0.15, 0.2) is 78.9 Å². The smallest absolute Gasteiger partial charge is 0.415 e. The lowest BCUT2D eigenvalue weighted by Crippen LogP contribution is -2.29. The molecule has 1 heterocycles. The Hall–Kier alpha value is -4.33. The van der Waals surface area contributed by atoms with Gasteiger partial charge in [0.05, 0.1) is 20.3 Å². The van der Waals surface area contributed by atoms with E-state index in [-0.39, 0.29) is 5.78 Å². The molecule has 2 atom stereocenters. The van der Waals surface area contributed by atoms with Gasteiger partial charge in [-0.3, -0.25) is 9.69 Å². The second kappa shape index (κ2) is 14.3. The molecule has 0 unspecified atom stereocenters. The van der Waals surface area contributed by atoms with E-state index in [1.54, 1.807) is 42.4 Å².